The van der Waals surface area contributed by atoms with E-state index < -0.39 is 0 Å². The minimum atomic E-state index is 0. The fourth-order valence-electron chi connectivity index (χ4n) is 2.62. The zero-order valence-electron chi connectivity index (χ0n) is 13.9. The number of thiophene rings is 1. The van der Waals surface area contributed by atoms with Gasteiger partial charge in [-0.25, -0.2) is 0 Å². The Hall–Kier alpha value is -0.610. The number of likely N-dealkylation sites (N-methyl/N-ethyl adjacent to an activating group) is 1. The van der Waals surface area contributed by atoms with E-state index >= 15 is 0 Å². The number of benzene rings is 1. The molecule has 1 heterocycles. The summed E-state index contributed by atoms with van der Waals surface area (Å²) in [5.74, 6) is 0. The molecule has 4 heteroatoms. The van der Waals surface area contributed by atoms with Crippen LogP contribution in [0.5, 0.6) is 0 Å². The highest BCUT2D eigenvalue weighted by Crippen LogP contribution is 2.23. The lowest BCUT2D eigenvalue weighted by Gasteiger charge is -2.21. The molecule has 0 saturated heterocycles. The van der Waals surface area contributed by atoms with E-state index in [0.717, 1.165) is 39.1 Å². The van der Waals surface area contributed by atoms with Crippen molar-refractivity contribution < 1.29 is 4.74 Å². The van der Waals surface area contributed by atoms with Crippen LogP contribution in [0.4, 0.5) is 0 Å². The number of halogens is 1. The van der Waals surface area contributed by atoms with Gasteiger partial charge in [0.25, 0.3) is 0 Å². The molecule has 22 heavy (non-hydrogen) atoms. The summed E-state index contributed by atoms with van der Waals surface area (Å²) in [6, 6.07) is 8.99. The van der Waals surface area contributed by atoms with Crippen LogP contribution in [0.15, 0.2) is 29.6 Å². The molecule has 0 spiro atoms. The first-order chi connectivity index (χ1) is 10.3. The predicted octanol–water partition coefficient (Wildman–Crippen LogP) is 5.00. The summed E-state index contributed by atoms with van der Waals surface area (Å²) in [6.07, 6.45) is 2.41. The number of hydrogen-bond acceptors (Lipinski definition) is 3. The van der Waals surface area contributed by atoms with Gasteiger partial charge in [0.1, 0.15) is 0 Å². The maximum atomic E-state index is 6.08. The maximum Gasteiger partial charge on any atom is 0.0613 e. The van der Waals surface area contributed by atoms with Gasteiger partial charge in [-0.1, -0.05) is 32.9 Å². The number of fused-ring (bicyclic) bond motifs is 1. The van der Waals surface area contributed by atoms with Crippen LogP contribution < -0.4 is 0 Å². The molecule has 1 unspecified atom stereocenters. The van der Waals surface area contributed by atoms with Crippen molar-refractivity contribution in [1.29, 1.82) is 0 Å². The lowest BCUT2D eigenvalue weighted by atomic mass is 10.0. The Morgan fingerprint density at radius 2 is 1.91 bits per heavy atom. The number of ether oxygens (including phenoxy) is 1. The Morgan fingerprint density at radius 1 is 1.14 bits per heavy atom. The van der Waals surface area contributed by atoms with Gasteiger partial charge < -0.3 is 9.64 Å². The minimum absolute atomic E-state index is 0. The smallest absolute Gasteiger partial charge is 0.0613 e. The number of hydrogen-bond donors (Lipinski definition) is 0. The highest BCUT2D eigenvalue weighted by Gasteiger charge is 2.09. The second-order valence-electron chi connectivity index (χ2n) is 5.42. The fraction of sp³-hybridized carbons (Fsp3) is 0.556. The topological polar surface area (TPSA) is 12.5 Å². The number of nitrogens with zero attached hydrogens (tertiary/aromatic N) is 1. The Labute approximate surface area is 144 Å². The second-order valence-corrected chi connectivity index (χ2v) is 6.37. The summed E-state index contributed by atoms with van der Waals surface area (Å²) in [5.41, 5.74) is 1.38. The van der Waals surface area contributed by atoms with E-state index in [9.17, 15) is 0 Å². The molecule has 0 saturated carbocycles. The third kappa shape index (κ3) is 5.54. The second kappa shape index (κ2) is 10.2. The van der Waals surface area contributed by atoms with Gasteiger partial charge in [0.15, 0.2) is 0 Å². The predicted molar refractivity (Wildman–Crippen MR) is 101 cm³/mol. The van der Waals surface area contributed by atoms with Crippen molar-refractivity contribution in [2.75, 3.05) is 26.2 Å². The lowest BCUT2D eigenvalue weighted by Crippen LogP contribution is -2.29. The zero-order chi connectivity index (χ0) is 15.1. The SMILES string of the molecule is CCC(Cc1ccc2sccc2c1)OCCN(CC)CC.Cl. The molecule has 2 rings (SSSR count). The molecule has 1 aromatic heterocycles. The average Bonchev–Trinajstić information content (AvgIpc) is 2.98. The molecular weight excluding hydrogens is 314 g/mol. The molecular formula is C18H28ClNOS. The molecule has 0 N–H and O–H groups in total. The largest absolute Gasteiger partial charge is 0.377 e. The molecule has 2 nitrogen and oxygen atoms in total. The van der Waals surface area contributed by atoms with E-state index in [1.807, 2.05) is 0 Å². The molecule has 0 aliphatic rings. The number of rotatable bonds is 9. The van der Waals surface area contributed by atoms with Crippen molar-refractivity contribution in [3.63, 3.8) is 0 Å². The first-order valence-electron chi connectivity index (χ1n) is 8.06. The Balaban J connectivity index is 0.00000242. The van der Waals surface area contributed by atoms with E-state index in [1.165, 1.54) is 15.6 Å². The van der Waals surface area contributed by atoms with E-state index in [0.29, 0.717) is 6.10 Å². The third-order valence-electron chi connectivity index (χ3n) is 4.09. The summed E-state index contributed by atoms with van der Waals surface area (Å²) >= 11 is 1.81. The van der Waals surface area contributed by atoms with Crippen molar-refractivity contribution in [3.8, 4) is 0 Å². The van der Waals surface area contributed by atoms with Crippen LogP contribution in [-0.2, 0) is 11.2 Å². The molecule has 124 valence electrons. The van der Waals surface area contributed by atoms with E-state index in [1.54, 1.807) is 11.3 Å². The monoisotopic (exact) mass is 341 g/mol. The van der Waals surface area contributed by atoms with Crippen molar-refractivity contribution in [2.24, 2.45) is 0 Å². The summed E-state index contributed by atoms with van der Waals surface area (Å²) in [5, 5.41) is 3.52. The molecule has 0 fully saturated rings. The molecule has 1 atom stereocenters. The first kappa shape index (κ1) is 19.4. The van der Waals surface area contributed by atoms with E-state index in [-0.39, 0.29) is 12.4 Å². The van der Waals surface area contributed by atoms with Crippen LogP contribution in [0.1, 0.15) is 32.8 Å². The van der Waals surface area contributed by atoms with Gasteiger partial charge in [-0.3, -0.25) is 0 Å². The Morgan fingerprint density at radius 3 is 2.59 bits per heavy atom. The van der Waals surface area contributed by atoms with Crippen LogP contribution in [0.2, 0.25) is 0 Å². The van der Waals surface area contributed by atoms with Crippen LogP contribution in [0.3, 0.4) is 0 Å². The summed E-state index contributed by atoms with van der Waals surface area (Å²) in [7, 11) is 0. The maximum absolute atomic E-state index is 6.08. The highest BCUT2D eigenvalue weighted by atomic mass is 35.5. The molecule has 0 radical (unpaired) electrons. The quantitative estimate of drug-likeness (QED) is 0.636. The van der Waals surface area contributed by atoms with Crippen molar-refractivity contribution in [2.45, 2.75) is 39.7 Å². The van der Waals surface area contributed by atoms with Gasteiger partial charge in [0, 0.05) is 11.2 Å². The lowest BCUT2D eigenvalue weighted by molar-refractivity contribution is 0.0371. The van der Waals surface area contributed by atoms with Gasteiger partial charge in [-0.05, 0) is 54.4 Å². The van der Waals surface area contributed by atoms with Crippen LogP contribution in [-0.4, -0.2) is 37.2 Å². The van der Waals surface area contributed by atoms with Crippen molar-refractivity contribution in [3.05, 3.63) is 35.2 Å². The zero-order valence-corrected chi connectivity index (χ0v) is 15.5. The summed E-state index contributed by atoms with van der Waals surface area (Å²) in [4.78, 5) is 2.41. The van der Waals surface area contributed by atoms with Crippen LogP contribution in [0.25, 0.3) is 10.1 Å². The van der Waals surface area contributed by atoms with Gasteiger partial charge in [-0.15, -0.1) is 23.7 Å². The van der Waals surface area contributed by atoms with Crippen molar-refractivity contribution >= 4 is 33.8 Å². The molecule has 0 aliphatic carbocycles. The summed E-state index contributed by atoms with van der Waals surface area (Å²) < 4.78 is 7.45. The van der Waals surface area contributed by atoms with Gasteiger partial charge in [0.2, 0.25) is 0 Å². The third-order valence-corrected chi connectivity index (χ3v) is 4.99. The molecule has 0 aliphatic heterocycles. The summed E-state index contributed by atoms with van der Waals surface area (Å²) in [6.45, 7) is 10.7. The van der Waals surface area contributed by atoms with Crippen LogP contribution >= 0.6 is 23.7 Å². The standard InChI is InChI=1S/C18H27NOS.ClH/c1-4-17(20-11-10-19(5-2)6-3)14-15-7-8-18-16(13-15)9-12-21-18;/h7-9,12-13,17H,4-6,10-11,14H2,1-3H3;1H. The Kier molecular flexibility index (Phi) is 9.03. The molecule has 2 aromatic rings. The average molecular weight is 342 g/mol. The Bertz CT molecular complexity index is 539. The minimum Gasteiger partial charge on any atom is -0.377 e. The van der Waals surface area contributed by atoms with Gasteiger partial charge in [-0.2, -0.15) is 0 Å². The van der Waals surface area contributed by atoms with Gasteiger partial charge in [0.05, 0.1) is 12.7 Å². The molecule has 1 aromatic carbocycles. The highest BCUT2D eigenvalue weighted by molar-refractivity contribution is 7.17. The van der Waals surface area contributed by atoms with E-state index in [4.69, 9.17) is 4.74 Å². The molecule has 0 amide bonds. The van der Waals surface area contributed by atoms with E-state index in [2.05, 4.69) is 55.3 Å². The first-order valence-corrected chi connectivity index (χ1v) is 8.94. The van der Waals surface area contributed by atoms with Crippen LogP contribution in [0, 0.1) is 0 Å². The van der Waals surface area contributed by atoms with Crippen molar-refractivity contribution in [1.82, 2.24) is 4.90 Å². The molecule has 0 bridgehead atoms. The normalized spacial score (nSPS) is 12.5. The fourth-order valence-corrected chi connectivity index (χ4v) is 3.39. The van der Waals surface area contributed by atoms with Gasteiger partial charge >= 0.3 is 0 Å².